The van der Waals surface area contributed by atoms with Crippen LogP contribution in [-0.2, 0) is 27.9 Å². The number of hydrogen-bond donors (Lipinski definition) is 0. The number of aryl methyl sites for hydroxylation is 2. The summed E-state index contributed by atoms with van der Waals surface area (Å²) in [6, 6.07) is 7.46. The summed E-state index contributed by atoms with van der Waals surface area (Å²) in [4.78, 5) is 31.3. The van der Waals surface area contributed by atoms with Gasteiger partial charge in [-0.25, -0.2) is 4.98 Å². The van der Waals surface area contributed by atoms with E-state index in [0.717, 1.165) is 11.1 Å². The molecule has 212 valence electrons. The Bertz CT molecular complexity index is 1370. The van der Waals surface area contributed by atoms with Crippen molar-refractivity contribution < 1.29 is 27.4 Å². The molecule has 1 saturated heterocycles. The Labute approximate surface area is 225 Å². The standard InChI is InChI=1S/C28H35F3N4O4/c1-18-14-21(16-33(5)26(18)37)20-6-7-22-23(15-20)35(12-13-38-28(29,30)31)25(32-22)19-8-10-34(11-9-19)17-24(36)39-27(2,3)4/h6-7,14-16,19H,8-13,17H2,1-5H3. The molecule has 0 aliphatic carbocycles. The fraction of sp³-hybridized carbons (Fsp3) is 0.536. The Hall–Kier alpha value is -3.18. The van der Waals surface area contributed by atoms with Crippen LogP contribution in [0.1, 0.15) is 50.9 Å². The highest BCUT2D eigenvalue weighted by Gasteiger charge is 2.30. The lowest BCUT2D eigenvalue weighted by atomic mass is 9.96. The predicted molar refractivity (Wildman–Crippen MR) is 141 cm³/mol. The first-order valence-corrected chi connectivity index (χ1v) is 13.0. The number of pyridine rings is 1. The van der Waals surface area contributed by atoms with Crippen molar-refractivity contribution in [3.8, 4) is 11.1 Å². The molecular formula is C28H35F3N4O4. The van der Waals surface area contributed by atoms with E-state index in [0.29, 0.717) is 48.4 Å². The number of hydrogen-bond acceptors (Lipinski definition) is 6. The summed E-state index contributed by atoms with van der Waals surface area (Å²) in [7, 11) is 1.68. The second-order valence-electron chi connectivity index (χ2n) is 11.1. The lowest BCUT2D eigenvalue weighted by Crippen LogP contribution is -2.39. The van der Waals surface area contributed by atoms with Gasteiger partial charge < -0.3 is 13.9 Å². The fourth-order valence-electron chi connectivity index (χ4n) is 5.06. The largest absolute Gasteiger partial charge is 0.522 e. The van der Waals surface area contributed by atoms with E-state index in [2.05, 4.69) is 4.74 Å². The molecular weight excluding hydrogens is 513 g/mol. The van der Waals surface area contributed by atoms with Crippen LogP contribution < -0.4 is 5.56 Å². The zero-order valence-corrected chi connectivity index (χ0v) is 23.0. The highest BCUT2D eigenvalue weighted by atomic mass is 19.4. The van der Waals surface area contributed by atoms with Crippen molar-refractivity contribution in [3.05, 3.63) is 52.2 Å². The van der Waals surface area contributed by atoms with Crippen LogP contribution in [0, 0.1) is 6.92 Å². The number of nitrogens with zero attached hydrogens (tertiary/aromatic N) is 4. The van der Waals surface area contributed by atoms with E-state index in [1.165, 1.54) is 4.57 Å². The minimum absolute atomic E-state index is 0.0147. The molecule has 11 heteroatoms. The molecule has 0 N–H and O–H groups in total. The van der Waals surface area contributed by atoms with Crippen molar-refractivity contribution >= 4 is 17.0 Å². The van der Waals surface area contributed by atoms with E-state index < -0.39 is 18.6 Å². The fourth-order valence-corrected chi connectivity index (χ4v) is 5.06. The summed E-state index contributed by atoms with van der Waals surface area (Å²) in [5.41, 5.74) is 3.00. The Morgan fingerprint density at radius 2 is 1.79 bits per heavy atom. The number of fused-ring (bicyclic) bond motifs is 1. The third-order valence-corrected chi connectivity index (χ3v) is 6.78. The van der Waals surface area contributed by atoms with E-state index in [9.17, 15) is 22.8 Å². The number of ether oxygens (including phenoxy) is 2. The molecule has 3 aromatic rings. The number of halogens is 3. The van der Waals surface area contributed by atoms with Crippen LogP contribution in [0.15, 0.2) is 35.3 Å². The smallest absolute Gasteiger partial charge is 0.459 e. The molecule has 0 amide bonds. The highest BCUT2D eigenvalue weighted by molar-refractivity contribution is 5.83. The van der Waals surface area contributed by atoms with Gasteiger partial charge in [0, 0.05) is 31.3 Å². The van der Waals surface area contributed by atoms with Crippen LogP contribution in [0.4, 0.5) is 13.2 Å². The molecule has 1 fully saturated rings. The van der Waals surface area contributed by atoms with Gasteiger partial charge in [0.2, 0.25) is 0 Å². The Morgan fingerprint density at radius 1 is 1.10 bits per heavy atom. The van der Waals surface area contributed by atoms with Gasteiger partial charge in [0.1, 0.15) is 11.4 Å². The van der Waals surface area contributed by atoms with Gasteiger partial charge in [-0.05, 0) is 83.0 Å². The number of benzene rings is 1. The third kappa shape index (κ3) is 7.27. The summed E-state index contributed by atoms with van der Waals surface area (Å²) >= 11 is 0. The monoisotopic (exact) mass is 548 g/mol. The Kier molecular flexibility index (Phi) is 8.22. The Balaban J connectivity index is 1.61. The minimum atomic E-state index is -4.72. The van der Waals surface area contributed by atoms with Crippen molar-refractivity contribution in [1.82, 2.24) is 19.0 Å². The van der Waals surface area contributed by atoms with E-state index in [4.69, 9.17) is 9.72 Å². The number of piperidine rings is 1. The molecule has 4 rings (SSSR count). The lowest BCUT2D eigenvalue weighted by molar-refractivity contribution is -0.325. The van der Waals surface area contributed by atoms with E-state index >= 15 is 0 Å². The van der Waals surface area contributed by atoms with Crippen molar-refractivity contribution in [2.75, 3.05) is 26.2 Å². The van der Waals surface area contributed by atoms with Crippen molar-refractivity contribution in [3.63, 3.8) is 0 Å². The summed E-state index contributed by atoms with van der Waals surface area (Å²) in [6.45, 7) is 8.17. The number of alkyl halides is 3. The second-order valence-corrected chi connectivity index (χ2v) is 11.1. The van der Waals surface area contributed by atoms with Crippen molar-refractivity contribution in [1.29, 1.82) is 0 Å². The number of likely N-dealkylation sites (tertiary alicyclic amines) is 1. The predicted octanol–water partition coefficient (Wildman–Crippen LogP) is 4.77. The van der Waals surface area contributed by atoms with Crippen LogP contribution in [0.25, 0.3) is 22.2 Å². The van der Waals surface area contributed by atoms with Crippen LogP contribution >= 0.6 is 0 Å². The van der Waals surface area contributed by atoms with Gasteiger partial charge in [0.25, 0.3) is 5.56 Å². The van der Waals surface area contributed by atoms with E-state index in [-0.39, 0.29) is 30.5 Å². The Morgan fingerprint density at radius 3 is 2.41 bits per heavy atom. The number of esters is 1. The molecule has 0 spiro atoms. The SMILES string of the molecule is Cc1cc(-c2ccc3nc(C4CCN(CC(=O)OC(C)(C)C)CC4)n(CCOC(F)(F)F)c3c2)cn(C)c1=O. The highest BCUT2D eigenvalue weighted by Crippen LogP contribution is 2.32. The van der Waals surface area contributed by atoms with Crippen molar-refractivity contribution in [2.24, 2.45) is 7.05 Å². The average Bonchev–Trinajstić information content (AvgIpc) is 3.18. The molecule has 1 aliphatic heterocycles. The average molecular weight is 549 g/mol. The molecule has 8 nitrogen and oxygen atoms in total. The maximum Gasteiger partial charge on any atom is 0.522 e. The van der Waals surface area contributed by atoms with Crippen LogP contribution in [0.3, 0.4) is 0 Å². The van der Waals surface area contributed by atoms with Gasteiger partial charge in [0.15, 0.2) is 0 Å². The van der Waals surface area contributed by atoms with Crippen LogP contribution in [-0.4, -0.2) is 63.2 Å². The first kappa shape index (κ1) is 28.8. The van der Waals surface area contributed by atoms with Gasteiger partial charge in [-0.15, -0.1) is 13.2 Å². The second kappa shape index (κ2) is 11.1. The number of imidazole rings is 1. The maximum absolute atomic E-state index is 12.8. The zero-order chi connectivity index (χ0) is 28.5. The topological polar surface area (TPSA) is 78.6 Å². The minimum Gasteiger partial charge on any atom is -0.459 e. The lowest BCUT2D eigenvalue weighted by Gasteiger charge is -2.32. The van der Waals surface area contributed by atoms with Gasteiger partial charge >= 0.3 is 12.3 Å². The molecule has 1 aliphatic rings. The molecule has 39 heavy (non-hydrogen) atoms. The molecule has 2 aromatic heterocycles. The summed E-state index contributed by atoms with van der Waals surface area (Å²) in [5, 5.41) is 0. The molecule has 3 heterocycles. The van der Waals surface area contributed by atoms with Gasteiger partial charge in [-0.2, -0.15) is 0 Å². The normalized spacial score (nSPS) is 15.7. The first-order valence-electron chi connectivity index (χ1n) is 13.0. The molecule has 0 atom stereocenters. The molecule has 0 radical (unpaired) electrons. The molecule has 0 saturated carbocycles. The van der Waals surface area contributed by atoms with Crippen LogP contribution in [0.5, 0.6) is 0 Å². The summed E-state index contributed by atoms with van der Waals surface area (Å²) in [6.07, 6.45) is -1.56. The van der Waals surface area contributed by atoms with E-state index in [1.807, 2.05) is 48.4 Å². The first-order chi connectivity index (χ1) is 18.2. The zero-order valence-electron chi connectivity index (χ0n) is 23.0. The quantitative estimate of drug-likeness (QED) is 0.396. The van der Waals surface area contributed by atoms with Gasteiger partial charge in [0.05, 0.1) is 24.2 Å². The van der Waals surface area contributed by atoms with Gasteiger partial charge in [-0.3, -0.25) is 19.2 Å². The number of rotatable bonds is 7. The van der Waals surface area contributed by atoms with Crippen LogP contribution in [0.2, 0.25) is 0 Å². The summed E-state index contributed by atoms with van der Waals surface area (Å²) < 4.78 is 51.2. The van der Waals surface area contributed by atoms with Crippen molar-refractivity contribution in [2.45, 2.75) is 65.0 Å². The number of carbonyl (C=O) groups is 1. The van der Waals surface area contributed by atoms with Gasteiger partial charge in [-0.1, -0.05) is 6.07 Å². The maximum atomic E-state index is 12.8. The third-order valence-electron chi connectivity index (χ3n) is 6.78. The number of carbonyl (C=O) groups excluding carboxylic acids is 1. The number of aromatic nitrogens is 3. The molecule has 0 bridgehead atoms. The molecule has 1 aromatic carbocycles. The van der Waals surface area contributed by atoms with E-state index in [1.54, 1.807) is 26.2 Å². The molecule has 0 unspecified atom stereocenters. The summed E-state index contributed by atoms with van der Waals surface area (Å²) in [5.74, 6) is 0.446.